The van der Waals surface area contributed by atoms with Gasteiger partial charge in [0.2, 0.25) is 0 Å². The standard InChI is InChI=1S/C16H11FN4O2/c17-11-7-5-10(6-8-11)9-18-20-16(23)14-12-3-1-2-4-13(12)15(22)21-19-14/h1-9H,(H,20,23)(H,21,22)/b18-9+. The molecule has 0 bridgehead atoms. The molecular formula is C16H11FN4O2. The molecule has 1 heterocycles. The number of H-pyrrole nitrogens is 1. The Morgan fingerprint density at radius 3 is 2.57 bits per heavy atom. The van der Waals surface area contributed by atoms with Crippen LogP contribution in [0.5, 0.6) is 0 Å². The largest absolute Gasteiger partial charge is 0.292 e. The second kappa shape index (κ2) is 6.18. The molecule has 0 unspecified atom stereocenters. The minimum atomic E-state index is -0.559. The number of carbonyl (C=O) groups excluding carboxylic acids is 1. The molecule has 0 spiro atoms. The maximum absolute atomic E-state index is 12.8. The molecule has 0 aliphatic heterocycles. The molecule has 2 aromatic carbocycles. The summed E-state index contributed by atoms with van der Waals surface area (Å²) in [6.07, 6.45) is 1.38. The van der Waals surface area contributed by atoms with E-state index < -0.39 is 5.91 Å². The maximum atomic E-state index is 12.8. The first-order valence-electron chi connectivity index (χ1n) is 6.71. The molecule has 23 heavy (non-hydrogen) atoms. The van der Waals surface area contributed by atoms with Gasteiger partial charge < -0.3 is 0 Å². The summed E-state index contributed by atoms with van der Waals surface area (Å²) in [5, 5.41) is 10.7. The molecule has 1 aromatic heterocycles. The van der Waals surface area contributed by atoms with Crippen LogP contribution >= 0.6 is 0 Å². The van der Waals surface area contributed by atoms with Gasteiger partial charge in [-0.25, -0.2) is 14.9 Å². The lowest BCUT2D eigenvalue weighted by Crippen LogP contribution is -2.22. The molecular weight excluding hydrogens is 299 g/mol. The maximum Gasteiger partial charge on any atom is 0.292 e. The van der Waals surface area contributed by atoms with E-state index in [1.807, 2.05) is 0 Å². The summed E-state index contributed by atoms with van der Waals surface area (Å²) >= 11 is 0. The van der Waals surface area contributed by atoms with Crippen molar-refractivity contribution in [3.05, 3.63) is 76.0 Å². The Balaban J connectivity index is 1.83. The summed E-state index contributed by atoms with van der Waals surface area (Å²) in [4.78, 5) is 23.8. The van der Waals surface area contributed by atoms with Gasteiger partial charge in [0.25, 0.3) is 11.5 Å². The van der Waals surface area contributed by atoms with E-state index in [1.54, 1.807) is 24.3 Å². The van der Waals surface area contributed by atoms with Crippen LogP contribution in [0.3, 0.4) is 0 Å². The third-order valence-electron chi connectivity index (χ3n) is 3.16. The van der Waals surface area contributed by atoms with Crippen molar-refractivity contribution in [3.63, 3.8) is 0 Å². The minimum Gasteiger partial charge on any atom is -0.267 e. The molecule has 114 valence electrons. The Morgan fingerprint density at radius 1 is 1.13 bits per heavy atom. The Labute approximate surface area is 129 Å². The van der Waals surface area contributed by atoms with Crippen LogP contribution in [0, 0.1) is 5.82 Å². The number of carbonyl (C=O) groups is 1. The van der Waals surface area contributed by atoms with Crippen molar-refractivity contribution < 1.29 is 9.18 Å². The normalized spacial score (nSPS) is 11.0. The number of aromatic amines is 1. The molecule has 2 N–H and O–H groups in total. The molecule has 7 heteroatoms. The number of hydrogen-bond donors (Lipinski definition) is 2. The zero-order chi connectivity index (χ0) is 16.2. The van der Waals surface area contributed by atoms with E-state index in [0.29, 0.717) is 16.3 Å². The predicted octanol–water partition coefficient (Wildman–Crippen LogP) is 1.83. The quantitative estimate of drug-likeness (QED) is 0.571. The van der Waals surface area contributed by atoms with Crippen molar-refractivity contribution in [3.8, 4) is 0 Å². The van der Waals surface area contributed by atoms with E-state index in [0.717, 1.165) is 0 Å². The topological polar surface area (TPSA) is 87.2 Å². The van der Waals surface area contributed by atoms with Crippen LogP contribution < -0.4 is 11.0 Å². The Morgan fingerprint density at radius 2 is 1.83 bits per heavy atom. The lowest BCUT2D eigenvalue weighted by molar-refractivity contribution is 0.0951. The third-order valence-corrected chi connectivity index (χ3v) is 3.16. The van der Waals surface area contributed by atoms with Gasteiger partial charge in [-0.05, 0) is 23.8 Å². The highest BCUT2D eigenvalue weighted by atomic mass is 19.1. The number of aromatic nitrogens is 2. The van der Waals surface area contributed by atoms with E-state index in [2.05, 4.69) is 20.7 Å². The summed E-state index contributed by atoms with van der Waals surface area (Å²) in [6.45, 7) is 0. The number of amides is 1. The summed E-state index contributed by atoms with van der Waals surface area (Å²) in [5.41, 5.74) is 2.65. The summed E-state index contributed by atoms with van der Waals surface area (Å²) in [5.74, 6) is -0.911. The summed E-state index contributed by atoms with van der Waals surface area (Å²) in [7, 11) is 0. The van der Waals surface area contributed by atoms with Crippen LogP contribution in [0.1, 0.15) is 16.1 Å². The second-order valence-corrected chi connectivity index (χ2v) is 4.70. The van der Waals surface area contributed by atoms with Gasteiger partial charge in [-0.2, -0.15) is 10.2 Å². The number of fused-ring (bicyclic) bond motifs is 1. The van der Waals surface area contributed by atoms with Crippen LogP contribution in [-0.2, 0) is 0 Å². The second-order valence-electron chi connectivity index (χ2n) is 4.70. The van der Waals surface area contributed by atoms with Crippen molar-refractivity contribution in [2.45, 2.75) is 0 Å². The average molecular weight is 310 g/mol. The van der Waals surface area contributed by atoms with E-state index in [-0.39, 0.29) is 17.1 Å². The zero-order valence-corrected chi connectivity index (χ0v) is 11.8. The fourth-order valence-electron chi connectivity index (χ4n) is 2.06. The van der Waals surface area contributed by atoms with Gasteiger partial charge >= 0.3 is 0 Å². The highest BCUT2D eigenvalue weighted by Gasteiger charge is 2.12. The van der Waals surface area contributed by atoms with Gasteiger partial charge in [-0.1, -0.05) is 30.3 Å². The highest BCUT2D eigenvalue weighted by Crippen LogP contribution is 2.11. The van der Waals surface area contributed by atoms with Crippen LogP contribution in [0.2, 0.25) is 0 Å². The summed E-state index contributed by atoms with van der Waals surface area (Å²) < 4.78 is 12.8. The average Bonchev–Trinajstić information content (AvgIpc) is 2.57. The number of hydrazone groups is 1. The number of rotatable bonds is 3. The molecule has 0 fully saturated rings. The summed E-state index contributed by atoms with van der Waals surface area (Å²) in [6, 6.07) is 12.3. The van der Waals surface area contributed by atoms with E-state index in [9.17, 15) is 14.0 Å². The van der Waals surface area contributed by atoms with Crippen LogP contribution in [0.4, 0.5) is 4.39 Å². The van der Waals surface area contributed by atoms with Gasteiger partial charge in [0.15, 0.2) is 5.69 Å². The van der Waals surface area contributed by atoms with Crippen molar-refractivity contribution in [2.24, 2.45) is 5.10 Å². The fourth-order valence-corrected chi connectivity index (χ4v) is 2.06. The Bertz CT molecular complexity index is 948. The monoisotopic (exact) mass is 310 g/mol. The van der Waals surface area contributed by atoms with E-state index in [1.165, 1.54) is 30.5 Å². The third kappa shape index (κ3) is 3.13. The SMILES string of the molecule is O=C(N/N=C/c1ccc(F)cc1)c1n[nH]c(=O)c2ccccc12. The molecule has 0 saturated carbocycles. The Kier molecular flexibility index (Phi) is 3.92. The molecule has 6 nitrogen and oxygen atoms in total. The van der Waals surface area contributed by atoms with E-state index in [4.69, 9.17) is 0 Å². The van der Waals surface area contributed by atoms with Gasteiger partial charge in [0, 0.05) is 5.39 Å². The number of halogens is 1. The van der Waals surface area contributed by atoms with Gasteiger partial charge in [0.1, 0.15) is 5.82 Å². The molecule has 1 amide bonds. The van der Waals surface area contributed by atoms with Crippen molar-refractivity contribution >= 4 is 22.9 Å². The van der Waals surface area contributed by atoms with E-state index >= 15 is 0 Å². The molecule has 0 atom stereocenters. The lowest BCUT2D eigenvalue weighted by Gasteiger charge is -2.03. The first-order valence-corrected chi connectivity index (χ1v) is 6.71. The van der Waals surface area contributed by atoms with Crippen molar-refractivity contribution in [2.75, 3.05) is 0 Å². The first-order chi connectivity index (χ1) is 11.1. The molecule has 0 aliphatic rings. The van der Waals surface area contributed by atoms with Gasteiger partial charge in [0.05, 0.1) is 11.6 Å². The highest BCUT2D eigenvalue weighted by molar-refractivity contribution is 6.04. The van der Waals surface area contributed by atoms with Crippen LogP contribution in [0.15, 0.2) is 58.4 Å². The molecule has 0 aliphatic carbocycles. The lowest BCUT2D eigenvalue weighted by atomic mass is 10.1. The smallest absolute Gasteiger partial charge is 0.267 e. The van der Waals surface area contributed by atoms with Crippen molar-refractivity contribution in [1.29, 1.82) is 0 Å². The minimum absolute atomic E-state index is 0.0662. The number of nitrogens with zero attached hydrogens (tertiary/aromatic N) is 2. The Hall–Kier alpha value is -3.35. The number of hydrogen-bond acceptors (Lipinski definition) is 4. The molecule has 0 saturated heterocycles. The van der Waals surface area contributed by atoms with Gasteiger partial charge in [-0.15, -0.1) is 0 Å². The number of nitrogens with one attached hydrogen (secondary N) is 2. The zero-order valence-electron chi connectivity index (χ0n) is 11.8. The fraction of sp³-hybridized carbons (Fsp3) is 0. The number of benzene rings is 2. The van der Waals surface area contributed by atoms with Gasteiger partial charge in [-0.3, -0.25) is 9.59 Å². The molecule has 3 aromatic rings. The first kappa shape index (κ1) is 14.6. The molecule has 0 radical (unpaired) electrons. The van der Waals surface area contributed by atoms with Crippen LogP contribution in [0.25, 0.3) is 10.8 Å². The molecule has 3 rings (SSSR count). The van der Waals surface area contributed by atoms with Crippen molar-refractivity contribution in [1.82, 2.24) is 15.6 Å². The predicted molar refractivity (Wildman–Crippen MR) is 83.8 cm³/mol. The van der Waals surface area contributed by atoms with Crippen LogP contribution in [-0.4, -0.2) is 22.3 Å².